The molecule has 1 atom stereocenters. The summed E-state index contributed by atoms with van der Waals surface area (Å²) in [6, 6.07) is 4.10. The van der Waals surface area contributed by atoms with Crippen LogP contribution in [-0.4, -0.2) is 27.9 Å². The van der Waals surface area contributed by atoms with E-state index in [1.54, 1.807) is 16.8 Å². The van der Waals surface area contributed by atoms with E-state index in [1.165, 1.54) is 28.0 Å². The van der Waals surface area contributed by atoms with Gasteiger partial charge in [0, 0.05) is 11.4 Å². The summed E-state index contributed by atoms with van der Waals surface area (Å²) in [4.78, 5) is 13.1. The van der Waals surface area contributed by atoms with Crippen molar-refractivity contribution in [3.05, 3.63) is 27.9 Å². The van der Waals surface area contributed by atoms with Crippen LogP contribution in [0.15, 0.2) is 27.4 Å². The standard InChI is InChI=1S/C11H13N3OS3/c1-8(18-11-14-13-7-17-11)10(15)12-5-4-9-3-2-6-16-9/h2-3,6-8H,4-5H2,1H3,(H,12,15). The predicted octanol–water partition coefficient (Wildman–Crippen LogP) is 2.44. The second-order valence-corrected chi connectivity index (χ2v) is 7.04. The van der Waals surface area contributed by atoms with E-state index in [-0.39, 0.29) is 11.2 Å². The quantitative estimate of drug-likeness (QED) is 0.832. The van der Waals surface area contributed by atoms with E-state index in [2.05, 4.69) is 21.6 Å². The Bertz CT molecular complexity index is 470. The van der Waals surface area contributed by atoms with Gasteiger partial charge in [-0.3, -0.25) is 4.79 Å². The zero-order valence-corrected chi connectivity index (χ0v) is 12.3. The second-order valence-electron chi connectivity index (χ2n) is 3.59. The van der Waals surface area contributed by atoms with Crippen LogP contribution < -0.4 is 5.32 Å². The van der Waals surface area contributed by atoms with Crippen molar-refractivity contribution in [1.29, 1.82) is 0 Å². The van der Waals surface area contributed by atoms with Gasteiger partial charge in [0.15, 0.2) is 4.34 Å². The van der Waals surface area contributed by atoms with Gasteiger partial charge in [0.25, 0.3) is 0 Å². The molecule has 2 rings (SSSR count). The zero-order chi connectivity index (χ0) is 12.8. The second kappa shape index (κ2) is 6.86. The maximum atomic E-state index is 11.8. The number of thiophene rings is 1. The summed E-state index contributed by atoms with van der Waals surface area (Å²) in [5.74, 6) is 0.0479. The smallest absolute Gasteiger partial charge is 0.233 e. The molecule has 1 N–H and O–H groups in total. The molecule has 0 aliphatic heterocycles. The van der Waals surface area contributed by atoms with Crippen LogP contribution in [0.25, 0.3) is 0 Å². The SMILES string of the molecule is CC(Sc1nncs1)C(=O)NCCc1cccs1. The fourth-order valence-corrected chi connectivity index (χ4v) is 3.69. The average Bonchev–Trinajstić information content (AvgIpc) is 3.01. The highest BCUT2D eigenvalue weighted by atomic mass is 32.2. The number of nitrogens with zero attached hydrogens (tertiary/aromatic N) is 2. The molecule has 0 aliphatic carbocycles. The van der Waals surface area contributed by atoms with E-state index < -0.39 is 0 Å². The minimum Gasteiger partial charge on any atom is -0.355 e. The zero-order valence-electron chi connectivity index (χ0n) is 9.83. The van der Waals surface area contributed by atoms with Gasteiger partial charge in [0.05, 0.1) is 5.25 Å². The average molecular weight is 299 g/mol. The largest absolute Gasteiger partial charge is 0.355 e. The number of thioether (sulfide) groups is 1. The van der Waals surface area contributed by atoms with Crippen LogP contribution in [-0.2, 0) is 11.2 Å². The molecule has 0 bridgehead atoms. The van der Waals surface area contributed by atoms with Gasteiger partial charge >= 0.3 is 0 Å². The molecule has 0 saturated carbocycles. The highest BCUT2D eigenvalue weighted by Gasteiger charge is 2.15. The number of hydrogen-bond acceptors (Lipinski definition) is 6. The third-order valence-corrected chi connectivity index (χ3v) is 5.09. The first kappa shape index (κ1) is 13.5. The fourth-order valence-electron chi connectivity index (χ4n) is 1.33. The fraction of sp³-hybridized carbons (Fsp3) is 0.364. The van der Waals surface area contributed by atoms with Crippen molar-refractivity contribution in [2.45, 2.75) is 22.9 Å². The summed E-state index contributed by atoms with van der Waals surface area (Å²) in [7, 11) is 0. The van der Waals surface area contributed by atoms with Crippen LogP contribution >= 0.6 is 34.4 Å². The van der Waals surface area contributed by atoms with E-state index in [1.807, 2.05) is 18.4 Å². The number of rotatable bonds is 6. The molecule has 2 aromatic heterocycles. The molecule has 2 heterocycles. The van der Waals surface area contributed by atoms with Crippen LogP contribution in [0.5, 0.6) is 0 Å². The molecule has 1 unspecified atom stereocenters. The van der Waals surface area contributed by atoms with Crippen molar-refractivity contribution in [3.8, 4) is 0 Å². The van der Waals surface area contributed by atoms with Crippen LogP contribution in [0, 0.1) is 0 Å². The van der Waals surface area contributed by atoms with Crippen LogP contribution in [0.1, 0.15) is 11.8 Å². The van der Waals surface area contributed by atoms with Crippen LogP contribution in [0.2, 0.25) is 0 Å². The summed E-state index contributed by atoms with van der Waals surface area (Å²) in [6.45, 7) is 2.56. The van der Waals surface area contributed by atoms with Crippen molar-refractivity contribution in [3.63, 3.8) is 0 Å². The van der Waals surface area contributed by atoms with Gasteiger partial charge in [-0.05, 0) is 24.8 Å². The highest BCUT2D eigenvalue weighted by Crippen LogP contribution is 2.23. The van der Waals surface area contributed by atoms with E-state index in [4.69, 9.17) is 0 Å². The summed E-state index contributed by atoms with van der Waals surface area (Å²) in [5, 5.41) is 12.5. The van der Waals surface area contributed by atoms with Crippen molar-refractivity contribution >= 4 is 40.3 Å². The summed E-state index contributed by atoms with van der Waals surface area (Å²) < 4.78 is 0.830. The van der Waals surface area contributed by atoms with E-state index in [0.29, 0.717) is 6.54 Å². The molecule has 1 amide bonds. The van der Waals surface area contributed by atoms with Crippen molar-refractivity contribution in [2.24, 2.45) is 0 Å². The van der Waals surface area contributed by atoms with Gasteiger partial charge in [0.2, 0.25) is 5.91 Å². The number of hydrogen-bond donors (Lipinski definition) is 1. The lowest BCUT2D eigenvalue weighted by atomic mass is 10.3. The van der Waals surface area contributed by atoms with Crippen molar-refractivity contribution in [1.82, 2.24) is 15.5 Å². The third-order valence-electron chi connectivity index (χ3n) is 2.24. The van der Waals surface area contributed by atoms with Crippen molar-refractivity contribution in [2.75, 3.05) is 6.54 Å². The lowest BCUT2D eigenvalue weighted by molar-refractivity contribution is -0.120. The Labute approximate surface area is 118 Å². The van der Waals surface area contributed by atoms with Gasteiger partial charge in [-0.15, -0.1) is 21.5 Å². The maximum absolute atomic E-state index is 11.8. The molecule has 0 fully saturated rings. The molecule has 0 saturated heterocycles. The predicted molar refractivity (Wildman–Crippen MR) is 76.3 cm³/mol. The number of aromatic nitrogens is 2. The van der Waals surface area contributed by atoms with Crippen molar-refractivity contribution < 1.29 is 4.79 Å². The lowest BCUT2D eigenvalue weighted by Gasteiger charge is -2.09. The van der Waals surface area contributed by atoms with E-state index >= 15 is 0 Å². The molecule has 0 spiro atoms. The molecule has 0 aromatic carbocycles. The Hall–Kier alpha value is -0.920. The molecule has 96 valence electrons. The molecule has 4 nitrogen and oxygen atoms in total. The van der Waals surface area contributed by atoms with Gasteiger partial charge in [-0.25, -0.2) is 0 Å². The molecule has 0 radical (unpaired) electrons. The Kier molecular flexibility index (Phi) is 5.15. The summed E-state index contributed by atoms with van der Waals surface area (Å²) in [5.41, 5.74) is 1.67. The topological polar surface area (TPSA) is 54.9 Å². The first-order valence-corrected chi connectivity index (χ1v) is 8.12. The Balaban J connectivity index is 1.70. The third kappa shape index (κ3) is 4.08. The first-order valence-electron chi connectivity index (χ1n) is 5.48. The number of nitrogens with one attached hydrogen (secondary N) is 1. The molecule has 0 aliphatic rings. The van der Waals surface area contributed by atoms with Gasteiger partial charge in [-0.2, -0.15) is 0 Å². The van der Waals surface area contributed by atoms with Gasteiger partial charge in [0.1, 0.15) is 5.51 Å². The summed E-state index contributed by atoms with van der Waals surface area (Å²) in [6.07, 6.45) is 0.888. The molecule has 18 heavy (non-hydrogen) atoms. The summed E-state index contributed by atoms with van der Waals surface area (Å²) >= 11 is 4.61. The van der Waals surface area contributed by atoms with Gasteiger partial charge in [-0.1, -0.05) is 29.2 Å². The monoisotopic (exact) mass is 299 g/mol. The first-order chi connectivity index (χ1) is 8.75. The van der Waals surface area contributed by atoms with E-state index in [0.717, 1.165) is 10.8 Å². The van der Waals surface area contributed by atoms with E-state index in [9.17, 15) is 4.79 Å². The number of carbonyl (C=O) groups excluding carboxylic acids is 1. The van der Waals surface area contributed by atoms with Crippen LogP contribution in [0.4, 0.5) is 0 Å². The minimum absolute atomic E-state index is 0.0479. The number of carbonyl (C=O) groups is 1. The van der Waals surface area contributed by atoms with Gasteiger partial charge < -0.3 is 5.32 Å². The maximum Gasteiger partial charge on any atom is 0.233 e. The molecular weight excluding hydrogens is 286 g/mol. The molecule has 2 aromatic rings. The lowest BCUT2D eigenvalue weighted by Crippen LogP contribution is -2.32. The Morgan fingerprint density at radius 2 is 2.44 bits per heavy atom. The Morgan fingerprint density at radius 1 is 1.56 bits per heavy atom. The number of amides is 1. The normalized spacial score (nSPS) is 12.3. The molecular formula is C11H13N3OS3. The molecule has 7 heteroatoms. The minimum atomic E-state index is -0.138. The Morgan fingerprint density at radius 3 is 3.11 bits per heavy atom. The highest BCUT2D eigenvalue weighted by molar-refractivity contribution is 8.02. The van der Waals surface area contributed by atoms with Crippen LogP contribution in [0.3, 0.4) is 0 Å².